The fourth-order valence-corrected chi connectivity index (χ4v) is 3.58. The minimum atomic E-state index is 0.132. The Morgan fingerprint density at radius 2 is 1.87 bits per heavy atom. The van der Waals surface area contributed by atoms with Crippen molar-refractivity contribution in [1.82, 2.24) is 0 Å². The molecule has 0 aromatic heterocycles. The van der Waals surface area contributed by atoms with E-state index >= 15 is 0 Å². The third kappa shape index (κ3) is 2.95. The van der Waals surface area contributed by atoms with Crippen LogP contribution in [0.5, 0.6) is 0 Å². The van der Waals surface area contributed by atoms with Crippen molar-refractivity contribution in [2.24, 2.45) is 15.9 Å². The van der Waals surface area contributed by atoms with Crippen molar-refractivity contribution in [2.75, 3.05) is 18.2 Å². The lowest BCUT2D eigenvalue weighted by molar-refractivity contribution is 0.115. The Balaban J connectivity index is 2.08. The number of allylic oxidation sites excluding steroid dienone is 1. The van der Waals surface area contributed by atoms with E-state index in [0.717, 1.165) is 23.8 Å². The van der Waals surface area contributed by atoms with Crippen LogP contribution in [0.4, 0.5) is 5.69 Å². The van der Waals surface area contributed by atoms with Gasteiger partial charge in [0, 0.05) is 0 Å². The zero-order chi connectivity index (χ0) is 16.6. The number of amidine groups is 2. The number of nitrogens with zero attached hydrogens (tertiary/aromatic N) is 3. The molecule has 2 heterocycles. The quantitative estimate of drug-likeness (QED) is 0.823. The molecule has 0 radical (unpaired) electrons. The maximum atomic E-state index is 5.89. The number of hydrogen-bond donors (Lipinski definition) is 0. The number of fused-ring (bicyclic) bond motifs is 1. The molecule has 2 aliphatic rings. The first-order chi connectivity index (χ1) is 11.0. The first-order valence-electron chi connectivity index (χ1n) is 8.28. The van der Waals surface area contributed by atoms with Crippen LogP contribution in [0.1, 0.15) is 37.0 Å². The second kappa shape index (κ2) is 6.28. The number of anilines is 1. The third-order valence-electron chi connectivity index (χ3n) is 4.34. The maximum Gasteiger partial charge on any atom is 0.127 e. The van der Waals surface area contributed by atoms with Crippen LogP contribution in [0.2, 0.25) is 0 Å². The molecule has 122 valence electrons. The molecule has 2 aliphatic heterocycles. The zero-order valence-electron chi connectivity index (χ0n) is 14.7. The summed E-state index contributed by atoms with van der Waals surface area (Å²) in [5.41, 5.74) is 6.10. The van der Waals surface area contributed by atoms with Crippen LogP contribution < -0.4 is 4.90 Å². The van der Waals surface area contributed by atoms with E-state index in [0.29, 0.717) is 13.3 Å². The van der Waals surface area contributed by atoms with Crippen molar-refractivity contribution in [2.45, 2.75) is 41.0 Å². The van der Waals surface area contributed by atoms with E-state index < -0.39 is 0 Å². The Morgan fingerprint density at radius 1 is 1.17 bits per heavy atom. The molecule has 1 fully saturated rings. The van der Waals surface area contributed by atoms with E-state index in [-0.39, 0.29) is 5.92 Å². The lowest BCUT2D eigenvalue weighted by Gasteiger charge is -2.39. The van der Waals surface area contributed by atoms with Crippen LogP contribution in [0.15, 0.2) is 33.9 Å². The van der Waals surface area contributed by atoms with Crippen LogP contribution in [0.3, 0.4) is 0 Å². The molecular weight excluding hydrogens is 286 g/mol. The molecule has 1 aromatic carbocycles. The molecule has 4 heteroatoms. The summed E-state index contributed by atoms with van der Waals surface area (Å²) in [5, 5.41) is 0. The second-order valence-electron chi connectivity index (χ2n) is 6.39. The molecule has 0 spiro atoms. The normalized spacial score (nSPS) is 22.7. The molecule has 23 heavy (non-hydrogen) atoms. The van der Waals surface area contributed by atoms with Gasteiger partial charge in [0.1, 0.15) is 18.4 Å². The molecule has 0 N–H and O–H groups in total. The van der Waals surface area contributed by atoms with Crippen LogP contribution >= 0.6 is 0 Å². The Labute approximate surface area is 138 Å². The summed E-state index contributed by atoms with van der Waals surface area (Å²) in [6.07, 6.45) is 3.16. The largest absolute Gasteiger partial charge is 0.360 e. The van der Waals surface area contributed by atoms with E-state index in [2.05, 4.69) is 55.8 Å². The predicted octanol–water partition coefficient (Wildman–Crippen LogP) is 4.15. The molecule has 1 atom stereocenters. The molecule has 0 aliphatic carbocycles. The highest BCUT2D eigenvalue weighted by Gasteiger charge is 2.34. The highest BCUT2D eigenvalue weighted by molar-refractivity contribution is 6.10. The number of aryl methyl sites for hydroxylation is 3. The first kappa shape index (κ1) is 15.9. The van der Waals surface area contributed by atoms with Crippen LogP contribution in [-0.4, -0.2) is 25.0 Å². The SMILES string of the molecule is CC/C=C1\N=C(C)N=C2C1COCN2c1c(C)cc(C)cc1C. The fourth-order valence-electron chi connectivity index (χ4n) is 3.58. The van der Waals surface area contributed by atoms with Gasteiger partial charge in [-0.15, -0.1) is 0 Å². The molecule has 0 saturated carbocycles. The average molecular weight is 311 g/mol. The topological polar surface area (TPSA) is 37.2 Å². The minimum Gasteiger partial charge on any atom is -0.360 e. The van der Waals surface area contributed by atoms with Gasteiger partial charge in [-0.05, 0) is 45.2 Å². The summed E-state index contributed by atoms with van der Waals surface area (Å²) < 4.78 is 5.89. The molecule has 3 rings (SSSR count). The highest BCUT2D eigenvalue weighted by Crippen LogP contribution is 2.33. The Kier molecular flexibility index (Phi) is 4.35. The van der Waals surface area contributed by atoms with Crippen LogP contribution in [-0.2, 0) is 4.74 Å². The Morgan fingerprint density at radius 3 is 2.52 bits per heavy atom. The van der Waals surface area contributed by atoms with Gasteiger partial charge >= 0.3 is 0 Å². The smallest absolute Gasteiger partial charge is 0.127 e. The summed E-state index contributed by atoms with van der Waals surface area (Å²) >= 11 is 0. The molecular formula is C19H25N3O. The van der Waals surface area contributed by atoms with Gasteiger partial charge in [0.25, 0.3) is 0 Å². The van der Waals surface area contributed by atoms with E-state index in [1.165, 1.54) is 22.4 Å². The molecule has 1 unspecified atom stereocenters. The standard InChI is InChI=1S/C19H25N3O/c1-6-7-17-16-10-23-11-22(19(16)21-15(5)20-17)18-13(3)8-12(2)9-14(18)4/h7-9,16H,6,10-11H2,1-5H3/b17-7-. The number of rotatable bonds is 2. The van der Waals surface area contributed by atoms with Crippen molar-refractivity contribution in [3.05, 3.63) is 40.6 Å². The van der Waals surface area contributed by atoms with Crippen LogP contribution in [0.25, 0.3) is 0 Å². The molecule has 1 aromatic rings. The van der Waals surface area contributed by atoms with Gasteiger partial charge in [-0.2, -0.15) is 0 Å². The summed E-state index contributed by atoms with van der Waals surface area (Å²) in [6.45, 7) is 11.8. The van der Waals surface area contributed by atoms with E-state index in [1.54, 1.807) is 0 Å². The van der Waals surface area contributed by atoms with E-state index in [4.69, 9.17) is 9.73 Å². The predicted molar refractivity (Wildman–Crippen MR) is 96.4 cm³/mol. The highest BCUT2D eigenvalue weighted by atomic mass is 16.5. The van der Waals surface area contributed by atoms with Gasteiger partial charge in [0.15, 0.2) is 0 Å². The summed E-state index contributed by atoms with van der Waals surface area (Å²) in [6, 6.07) is 4.44. The van der Waals surface area contributed by atoms with Crippen molar-refractivity contribution in [3.63, 3.8) is 0 Å². The first-order valence-corrected chi connectivity index (χ1v) is 8.28. The molecule has 1 saturated heterocycles. The summed E-state index contributed by atoms with van der Waals surface area (Å²) in [7, 11) is 0. The minimum absolute atomic E-state index is 0.132. The molecule has 4 nitrogen and oxygen atoms in total. The third-order valence-corrected chi connectivity index (χ3v) is 4.34. The van der Waals surface area contributed by atoms with Crippen molar-refractivity contribution >= 4 is 17.4 Å². The fraction of sp³-hybridized carbons (Fsp3) is 0.474. The van der Waals surface area contributed by atoms with Gasteiger partial charge in [0.05, 0.1) is 23.9 Å². The van der Waals surface area contributed by atoms with Crippen molar-refractivity contribution in [3.8, 4) is 0 Å². The lowest BCUT2D eigenvalue weighted by atomic mass is 9.98. The number of aliphatic imine (C=N–C) groups is 2. The molecule has 0 bridgehead atoms. The van der Waals surface area contributed by atoms with Gasteiger partial charge in [0.2, 0.25) is 0 Å². The number of benzene rings is 1. The van der Waals surface area contributed by atoms with Crippen LogP contribution in [0, 0.1) is 26.7 Å². The molecule has 0 amide bonds. The van der Waals surface area contributed by atoms with Gasteiger partial charge in [-0.25, -0.2) is 9.98 Å². The summed E-state index contributed by atoms with van der Waals surface area (Å²) in [4.78, 5) is 11.6. The zero-order valence-corrected chi connectivity index (χ0v) is 14.7. The van der Waals surface area contributed by atoms with Gasteiger partial charge < -0.3 is 9.64 Å². The van der Waals surface area contributed by atoms with Crippen molar-refractivity contribution < 1.29 is 4.74 Å². The Hall–Kier alpha value is -1.94. The van der Waals surface area contributed by atoms with E-state index in [1.807, 2.05) is 6.92 Å². The summed E-state index contributed by atoms with van der Waals surface area (Å²) in [5.74, 6) is 2.02. The number of hydrogen-bond acceptors (Lipinski definition) is 4. The monoisotopic (exact) mass is 311 g/mol. The Bertz CT molecular complexity index is 692. The number of ether oxygens (including phenoxy) is 1. The van der Waals surface area contributed by atoms with Gasteiger partial charge in [-0.1, -0.05) is 30.7 Å². The average Bonchev–Trinajstić information content (AvgIpc) is 2.47. The van der Waals surface area contributed by atoms with Gasteiger partial charge in [-0.3, -0.25) is 0 Å². The van der Waals surface area contributed by atoms with Crippen molar-refractivity contribution in [1.29, 1.82) is 0 Å². The lowest BCUT2D eigenvalue weighted by Crippen LogP contribution is -2.47. The van der Waals surface area contributed by atoms with E-state index in [9.17, 15) is 0 Å². The second-order valence-corrected chi connectivity index (χ2v) is 6.39. The maximum absolute atomic E-state index is 5.89.